The van der Waals surface area contributed by atoms with Crippen molar-refractivity contribution in [2.75, 3.05) is 18.4 Å². The first kappa shape index (κ1) is 25.4. The average Bonchev–Trinajstić information content (AvgIpc) is 3.21. The molecular formula is C25H24ClF2N3O2S. The van der Waals surface area contributed by atoms with E-state index < -0.39 is 11.8 Å². The Morgan fingerprint density at radius 1 is 1.09 bits per heavy atom. The maximum Gasteiger partial charge on any atom is 0.322 e. The van der Waals surface area contributed by atoms with Crippen molar-refractivity contribution in [1.82, 2.24) is 9.80 Å². The van der Waals surface area contributed by atoms with Gasteiger partial charge in [-0.2, -0.15) is 0 Å². The van der Waals surface area contributed by atoms with Gasteiger partial charge in [-0.1, -0.05) is 29.8 Å². The quantitative estimate of drug-likeness (QED) is 0.351. The normalized spacial score (nSPS) is 10.6. The van der Waals surface area contributed by atoms with Crippen LogP contribution in [0.5, 0.6) is 0 Å². The van der Waals surface area contributed by atoms with Gasteiger partial charge in [0.2, 0.25) is 5.91 Å². The van der Waals surface area contributed by atoms with Crippen molar-refractivity contribution >= 4 is 40.6 Å². The van der Waals surface area contributed by atoms with Crippen LogP contribution in [0.15, 0.2) is 66.6 Å². The Morgan fingerprint density at radius 2 is 1.82 bits per heavy atom. The lowest BCUT2D eigenvalue weighted by Gasteiger charge is -2.27. The van der Waals surface area contributed by atoms with Gasteiger partial charge in [0, 0.05) is 23.7 Å². The molecular weight excluding hydrogens is 480 g/mol. The molecule has 0 atom stereocenters. The van der Waals surface area contributed by atoms with E-state index in [1.807, 2.05) is 18.4 Å². The van der Waals surface area contributed by atoms with Gasteiger partial charge in [-0.15, -0.1) is 17.9 Å². The third-order valence-corrected chi connectivity index (χ3v) is 6.37. The number of nitrogens with zero attached hydrogens (tertiary/aromatic N) is 2. The van der Waals surface area contributed by atoms with Gasteiger partial charge in [-0.05, 0) is 59.8 Å². The second-order valence-corrected chi connectivity index (χ2v) is 9.04. The second kappa shape index (κ2) is 11.8. The van der Waals surface area contributed by atoms with E-state index in [9.17, 15) is 18.4 Å². The fraction of sp³-hybridized carbons (Fsp3) is 0.200. The second-order valence-electron chi connectivity index (χ2n) is 7.63. The van der Waals surface area contributed by atoms with E-state index in [1.54, 1.807) is 28.4 Å². The summed E-state index contributed by atoms with van der Waals surface area (Å²) in [6.45, 7) is 6.16. The highest BCUT2D eigenvalue weighted by atomic mass is 35.5. The molecule has 34 heavy (non-hydrogen) atoms. The summed E-state index contributed by atoms with van der Waals surface area (Å²) in [6.07, 6.45) is 1.51. The van der Waals surface area contributed by atoms with Crippen molar-refractivity contribution in [3.05, 3.63) is 99.2 Å². The molecule has 0 aliphatic rings. The summed E-state index contributed by atoms with van der Waals surface area (Å²) in [6, 6.07) is 11.2. The zero-order chi connectivity index (χ0) is 24.7. The number of benzene rings is 2. The van der Waals surface area contributed by atoms with Gasteiger partial charge in [0.15, 0.2) is 0 Å². The number of thiophene rings is 1. The minimum absolute atomic E-state index is 0.120. The van der Waals surface area contributed by atoms with Gasteiger partial charge in [-0.3, -0.25) is 4.79 Å². The van der Waals surface area contributed by atoms with Crippen LogP contribution in [0, 0.1) is 18.6 Å². The zero-order valence-electron chi connectivity index (χ0n) is 18.6. The minimum Gasteiger partial charge on any atom is -0.332 e. The molecule has 0 spiro atoms. The number of rotatable bonds is 9. The number of amides is 3. The SMILES string of the molecule is C=CCN(CC(=O)N(Cc1ccc(F)cc1)Cc1sccc1C)C(=O)Nc1ccc(F)c(Cl)c1. The third-order valence-electron chi connectivity index (χ3n) is 5.08. The molecule has 9 heteroatoms. The molecule has 5 nitrogen and oxygen atoms in total. The predicted molar refractivity (Wildman–Crippen MR) is 132 cm³/mol. The molecule has 178 valence electrons. The maximum atomic E-state index is 13.4. The van der Waals surface area contributed by atoms with E-state index in [0.717, 1.165) is 22.1 Å². The zero-order valence-corrected chi connectivity index (χ0v) is 20.1. The van der Waals surface area contributed by atoms with Crippen LogP contribution in [-0.4, -0.2) is 34.8 Å². The van der Waals surface area contributed by atoms with Crippen LogP contribution in [0.2, 0.25) is 5.02 Å². The lowest BCUT2D eigenvalue weighted by molar-refractivity contribution is -0.132. The lowest BCUT2D eigenvalue weighted by Crippen LogP contribution is -2.44. The molecule has 0 radical (unpaired) electrons. The Kier molecular flexibility index (Phi) is 8.79. The average molecular weight is 504 g/mol. The summed E-state index contributed by atoms with van der Waals surface area (Å²) >= 11 is 7.33. The van der Waals surface area contributed by atoms with Crippen molar-refractivity contribution in [2.45, 2.75) is 20.0 Å². The molecule has 0 fully saturated rings. The Hall–Kier alpha value is -3.23. The Bertz CT molecular complexity index is 1170. The maximum absolute atomic E-state index is 13.4. The number of nitrogens with one attached hydrogen (secondary N) is 1. The van der Waals surface area contributed by atoms with E-state index >= 15 is 0 Å². The number of carbonyl (C=O) groups is 2. The summed E-state index contributed by atoms with van der Waals surface area (Å²) in [5, 5.41) is 4.46. The summed E-state index contributed by atoms with van der Waals surface area (Å²) in [5.74, 6) is -1.24. The van der Waals surface area contributed by atoms with Gasteiger partial charge >= 0.3 is 6.03 Å². The fourth-order valence-corrected chi connectivity index (χ4v) is 4.30. The van der Waals surface area contributed by atoms with Crippen molar-refractivity contribution in [3.63, 3.8) is 0 Å². The van der Waals surface area contributed by atoms with Crippen molar-refractivity contribution in [2.24, 2.45) is 0 Å². The molecule has 0 saturated carbocycles. The number of urea groups is 1. The molecule has 1 aromatic heterocycles. The smallest absolute Gasteiger partial charge is 0.322 e. The highest BCUT2D eigenvalue weighted by Crippen LogP contribution is 2.21. The number of anilines is 1. The topological polar surface area (TPSA) is 52.7 Å². The van der Waals surface area contributed by atoms with Crippen molar-refractivity contribution in [1.29, 1.82) is 0 Å². The first-order chi connectivity index (χ1) is 16.3. The fourth-order valence-electron chi connectivity index (χ4n) is 3.20. The first-order valence-electron chi connectivity index (χ1n) is 10.4. The molecule has 1 heterocycles. The Labute approximate surface area is 206 Å². The summed E-state index contributed by atoms with van der Waals surface area (Å²) in [4.78, 5) is 30.1. The summed E-state index contributed by atoms with van der Waals surface area (Å²) in [7, 11) is 0. The lowest BCUT2D eigenvalue weighted by atomic mass is 10.2. The molecule has 0 unspecified atom stereocenters. The van der Waals surface area contributed by atoms with Crippen LogP contribution in [0.4, 0.5) is 19.3 Å². The summed E-state index contributed by atoms with van der Waals surface area (Å²) < 4.78 is 26.8. The van der Waals surface area contributed by atoms with Crippen LogP contribution in [0.25, 0.3) is 0 Å². The number of hydrogen-bond donors (Lipinski definition) is 1. The van der Waals surface area contributed by atoms with E-state index in [1.165, 1.54) is 35.2 Å². The highest BCUT2D eigenvalue weighted by molar-refractivity contribution is 7.10. The number of hydrogen-bond acceptors (Lipinski definition) is 3. The molecule has 0 aliphatic heterocycles. The molecule has 3 amide bonds. The summed E-state index contributed by atoms with van der Waals surface area (Å²) in [5.41, 5.74) is 2.13. The van der Waals surface area contributed by atoms with E-state index in [0.29, 0.717) is 12.2 Å². The van der Waals surface area contributed by atoms with Gasteiger partial charge in [-0.25, -0.2) is 13.6 Å². The molecule has 0 bridgehead atoms. The van der Waals surface area contributed by atoms with E-state index in [-0.39, 0.29) is 36.4 Å². The Morgan fingerprint density at radius 3 is 2.44 bits per heavy atom. The van der Waals surface area contributed by atoms with Crippen molar-refractivity contribution < 1.29 is 18.4 Å². The minimum atomic E-state index is -0.599. The van der Waals surface area contributed by atoms with Crippen LogP contribution < -0.4 is 5.32 Å². The van der Waals surface area contributed by atoms with Crippen LogP contribution in [0.1, 0.15) is 16.0 Å². The molecule has 3 aromatic rings. The molecule has 1 N–H and O–H groups in total. The van der Waals surface area contributed by atoms with Crippen LogP contribution in [-0.2, 0) is 17.9 Å². The molecule has 0 saturated heterocycles. The van der Waals surface area contributed by atoms with Crippen LogP contribution >= 0.6 is 22.9 Å². The van der Waals surface area contributed by atoms with Gasteiger partial charge in [0.25, 0.3) is 0 Å². The van der Waals surface area contributed by atoms with Gasteiger partial charge in [0.1, 0.15) is 18.2 Å². The highest BCUT2D eigenvalue weighted by Gasteiger charge is 2.22. The number of aryl methyl sites for hydroxylation is 1. The number of carbonyl (C=O) groups excluding carboxylic acids is 2. The monoisotopic (exact) mass is 503 g/mol. The van der Waals surface area contributed by atoms with Crippen molar-refractivity contribution in [3.8, 4) is 0 Å². The van der Waals surface area contributed by atoms with Gasteiger partial charge in [0.05, 0.1) is 11.6 Å². The largest absolute Gasteiger partial charge is 0.332 e. The predicted octanol–water partition coefficient (Wildman–Crippen LogP) is 6.24. The Balaban J connectivity index is 1.77. The number of halogens is 3. The van der Waals surface area contributed by atoms with E-state index in [4.69, 9.17) is 11.6 Å². The first-order valence-corrected chi connectivity index (χ1v) is 11.7. The van der Waals surface area contributed by atoms with E-state index in [2.05, 4.69) is 11.9 Å². The molecule has 2 aromatic carbocycles. The van der Waals surface area contributed by atoms with Crippen LogP contribution in [0.3, 0.4) is 0 Å². The third kappa shape index (κ3) is 6.88. The molecule has 0 aliphatic carbocycles. The van der Waals surface area contributed by atoms with Gasteiger partial charge < -0.3 is 15.1 Å². The molecule has 3 rings (SSSR count). The standard InChI is InChI=1S/C25H24ClF2N3O2S/c1-3-11-30(25(33)29-20-8-9-22(28)21(26)13-20)16-24(32)31(15-23-17(2)10-12-34-23)14-18-4-6-19(27)7-5-18/h3-10,12-13H,1,11,14-16H2,2H3,(H,29,33).